The Bertz CT molecular complexity index is 476. The number of likely N-dealkylation sites (N-methyl/N-ethyl adjacent to an activating group) is 1. The summed E-state index contributed by atoms with van der Waals surface area (Å²) in [4.78, 5) is 16.2. The van der Waals surface area contributed by atoms with Crippen LogP contribution in [0.25, 0.3) is 0 Å². The van der Waals surface area contributed by atoms with Crippen molar-refractivity contribution in [2.45, 2.75) is 13.0 Å². The van der Waals surface area contributed by atoms with Gasteiger partial charge >= 0.3 is 0 Å². The van der Waals surface area contributed by atoms with Crippen molar-refractivity contribution in [1.82, 2.24) is 9.80 Å². The molecule has 0 spiro atoms. The first kappa shape index (κ1) is 14.7. The SMILES string of the molecule is CC1CN(C(=O)COc2ccccc2N)CC1N(C)C. The van der Waals surface area contributed by atoms with E-state index in [9.17, 15) is 4.79 Å². The van der Waals surface area contributed by atoms with Crippen LogP contribution >= 0.6 is 0 Å². The fraction of sp³-hybridized carbons (Fsp3) is 0.533. The van der Waals surface area contributed by atoms with Crippen LogP contribution in [0.5, 0.6) is 5.75 Å². The third-order valence-electron chi connectivity index (χ3n) is 3.86. The largest absolute Gasteiger partial charge is 0.482 e. The van der Waals surface area contributed by atoms with Gasteiger partial charge in [0.05, 0.1) is 5.69 Å². The summed E-state index contributed by atoms with van der Waals surface area (Å²) in [5.41, 5.74) is 6.34. The number of ether oxygens (including phenoxy) is 1. The molecule has 1 amide bonds. The van der Waals surface area contributed by atoms with Gasteiger partial charge in [0, 0.05) is 19.1 Å². The van der Waals surface area contributed by atoms with Gasteiger partial charge in [0.25, 0.3) is 5.91 Å². The van der Waals surface area contributed by atoms with Crippen LogP contribution < -0.4 is 10.5 Å². The van der Waals surface area contributed by atoms with E-state index in [-0.39, 0.29) is 12.5 Å². The molecule has 5 nitrogen and oxygen atoms in total. The molecule has 2 N–H and O–H groups in total. The molecule has 0 saturated carbocycles. The number of carbonyl (C=O) groups is 1. The highest BCUT2D eigenvalue weighted by molar-refractivity contribution is 5.78. The summed E-state index contributed by atoms with van der Waals surface area (Å²) >= 11 is 0. The zero-order chi connectivity index (χ0) is 14.7. The molecule has 110 valence electrons. The Hall–Kier alpha value is -1.75. The number of likely N-dealkylation sites (tertiary alicyclic amines) is 1. The zero-order valence-corrected chi connectivity index (χ0v) is 12.4. The number of nitrogens with two attached hydrogens (primary N) is 1. The number of hydrogen-bond donors (Lipinski definition) is 1. The smallest absolute Gasteiger partial charge is 0.260 e. The topological polar surface area (TPSA) is 58.8 Å². The fourth-order valence-corrected chi connectivity index (χ4v) is 2.67. The van der Waals surface area contributed by atoms with E-state index in [1.807, 2.05) is 17.0 Å². The second-order valence-corrected chi connectivity index (χ2v) is 5.63. The normalized spacial score (nSPS) is 22.3. The van der Waals surface area contributed by atoms with Crippen molar-refractivity contribution in [3.63, 3.8) is 0 Å². The summed E-state index contributed by atoms with van der Waals surface area (Å²) in [6, 6.07) is 7.64. The number of carbonyl (C=O) groups excluding carboxylic acids is 1. The average molecular weight is 277 g/mol. The Balaban J connectivity index is 1.89. The molecule has 0 aliphatic carbocycles. The van der Waals surface area contributed by atoms with E-state index in [1.165, 1.54) is 0 Å². The Morgan fingerprint density at radius 2 is 2.10 bits per heavy atom. The summed E-state index contributed by atoms with van der Waals surface area (Å²) in [7, 11) is 4.10. The van der Waals surface area contributed by atoms with E-state index >= 15 is 0 Å². The number of anilines is 1. The van der Waals surface area contributed by atoms with Gasteiger partial charge in [-0.05, 0) is 32.1 Å². The van der Waals surface area contributed by atoms with Crippen LogP contribution in [-0.4, -0.2) is 55.5 Å². The highest BCUT2D eigenvalue weighted by Crippen LogP contribution is 2.22. The van der Waals surface area contributed by atoms with Crippen molar-refractivity contribution >= 4 is 11.6 Å². The van der Waals surface area contributed by atoms with Crippen LogP contribution in [0.4, 0.5) is 5.69 Å². The Morgan fingerprint density at radius 1 is 1.40 bits per heavy atom. The molecular weight excluding hydrogens is 254 g/mol. The van der Waals surface area contributed by atoms with Crippen LogP contribution in [0, 0.1) is 5.92 Å². The van der Waals surface area contributed by atoms with Crippen molar-refractivity contribution in [1.29, 1.82) is 0 Å². The molecule has 2 atom stereocenters. The summed E-state index contributed by atoms with van der Waals surface area (Å²) < 4.78 is 5.51. The Labute approximate surface area is 120 Å². The lowest BCUT2D eigenvalue weighted by atomic mass is 10.1. The molecule has 1 aromatic carbocycles. The van der Waals surface area contributed by atoms with Gasteiger partial charge in [-0.15, -0.1) is 0 Å². The average Bonchev–Trinajstić information content (AvgIpc) is 2.80. The summed E-state index contributed by atoms with van der Waals surface area (Å²) in [6.07, 6.45) is 0. The van der Waals surface area contributed by atoms with Crippen molar-refractivity contribution in [3.05, 3.63) is 24.3 Å². The lowest BCUT2D eigenvalue weighted by Crippen LogP contribution is -2.37. The molecule has 1 aliphatic heterocycles. The van der Waals surface area contributed by atoms with Gasteiger partial charge in [-0.1, -0.05) is 19.1 Å². The van der Waals surface area contributed by atoms with Crippen LogP contribution in [0.2, 0.25) is 0 Å². The molecular formula is C15H23N3O2. The number of hydrogen-bond acceptors (Lipinski definition) is 4. The summed E-state index contributed by atoms with van der Waals surface area (Å²) in [6.45, 7) is 3.77. The first-order valence-corrected chi connectivity index (χ1v) is 6.90. The van der Waals surface area contributed by atoms with Gasteiger partial charge in [0.2, 0.25) is 0 Å². The quantitative estimate of drug-likeness (QED) is 0.836. The van der Waals surface area contributed by atoms with Gasteiger partial charge in [0.1, 0.15) is 5.75 Å². The lowest BCUT2D eigenvalue weighted by molar-refractivity contribution is -0.132. The zero-order valence-electron chi connectivity index (χ0n) is 12.4. The van der Waals surface area contributed by atoms with Crippen molar-refractivity contribution in [2.75, 3.05) is 39.5 Å². The van der Waals surface area contributed by atoms with Crippen molar-refractivity contribution in [3.8, 4) is 5.75 Å². The van der Waals surface area contributed by atoms with E-state index in [1.54, 1.807) is 12.1 Å². The molecule has 20 heavy (non-hydrogen) atoms. The Kier molecular flexibility index (Phi) is 4.49. The summed E-state index contributed by atoms with van der Waals surface area (Å²) in [5.74, 6) is 1.07. The molecule has 1 saturated heterocycles. The maximum atomic E-state index is 12.2. The van der Waals surface area contributed by atoms with E-state index < -0.39 is 0 Å². The van der Waals surface area contributed by atoms with E-state index in [0.29, 0.717) is 23.4 Å². The van der Waals surface area contributed by atoms with Gasteiger partial charge in [-0.3, -0.25) is 4.79 Å². The number of nitrogens with zero attached hydrogens (tertiary/aromatic N) is 2. The first-order valence-electron chi connectivity index (χ1n) is 6.90. The van der Waals surface area contributed by atoms with Crippen LogP contribution in [0.3, 0.4) is 0 Å². The van der Waals surface area contributed by atoms with E-state index in [0.717, 1.165) is 13.1 Å². The molecule has 1 aromatic rings. The van der Waals surface area contributed by atoms with Gasteiger partial charge in [-0.25, -0.2) is 0 Å². The third kappa shape index (κ3) is 3.22. The minimum Gasteiger partial charge on any atom is -0.482 e. The van der Waals surface area contributed by atoms with Crippen molar-refractivity contribution in [2.24, 2.45) is 5.92 Å². The van der Waals surface area contributed by atoms with Crippen molar-refractivity contribution < 1.29 is 9.53 Å². The third-order valence-corrected chi connectivity index (χ3v) is 3.86. The maximum absolute atomic E-state index is 12.2. The predicted octanol–water partition coefficient (Wildman–Crippen LogP) is 1.06. The minimum atomic E-state index is 0.0180. The lowest BCUT2D eigenvalue weighted by Gasteiger charge is -2.22. The number of benzene rings is 1. The Morgan fingerprint density at radius 3 is 2.70 bits per heavy atom. The number of amides is 1. The predicted molar refractivity (Wildman–Crippen MR) is 79.6 cm³/mol. The van der Waals surface area contributed by atoms with E-state index in [2.05, 4.69) is 25.9 Å². The minimum absolute atomic E-state index is 0.0180. The highest BCUT2D eigenvalue weighted by atomic mass is 16.5. The molecule has 5 heteroatoms. The second kappa shape index (κ2) is 6.13. The molecule has 1 heterocycles. The second-order valence-electron chi connectivity index (χ2n) is 5.63. The van der Waals surface area contributed by atoms with Gasteiger partial charge in [-0.2, -0.15) is 0 Å². The summed E-state index contributed by atoms with van der Waals surface area (Å²) in [5, 5.41) is 0. The molecule has 0 bridgehead atoms. The molecule has 1 aliphatic rings. The molecule has 2 unspecified atom stereocenters. The first-order chi connectivity index (χ1) is 9.49. The van der Waals surface area contributed by atoms with Crippen LogP contribution in [0.1, 0.15) is 6.92 Å². The monoisotopic (exact) mass is 277 g/mol. The van der Waals surface area contributed by atoms with Crippen LogP contribution in [-0.2, 0) is 4.79 Å². The number of rotatable bonds is 4. The number of nitrogen functional groups attached to an aromatic ring is 1. The van der Waals surface area contributed by atoms with E-state index in [4.69, 9.17) is 10.5 Å². The maximum Gasteiger partial charge on any atom is 0.260 e. The molecule has 0 aromatic heterocycles. The van der Waals surface area contributed by atoms with Gasteiger partial charge < -0.3 is 20.3 Å². The molecule has 0 radical (unpaired) electrons. The standard InChI is InChI=1S/C15H23N3O2/c1-11-8-18(9-13(11)17(2)3)15(19)10-20-14-7-5-4-6-12(14)16/h4-7,11,13H,8-10,16H2,1-3H3. The fourth-order valence-electron chi connectivity index (χ4n) is 2.67. The molecule has 1 fully saturated rings. The van der Waals surface area contributed by atoms with Crippen LogP contribution in [0.15, 0.2) is 24.3 Å². The number of para-hydroxylation sites is 2. The highest BCUT2D eigenvalue weighted by Gasteiger charge is 2.33. The van der Waals surface area contributed by atoms with Gasteiger partial charge in [0.15, 0.2) is 6.61 Å². The molecule has 2 rings (SSSR count).